The van der Waals surface area contributed by atoms with Crippen molar-refractivity contribution in [2.45, 2.75) is 47.0 Å². The zero-order valence-electron chi connectivity index (χ0n) is 12.4. The van der Waals surface area contributed by atoms with E-state index in [0.717, 1.165) is 25.9 Å². The number of hydrogen-bond acceptors (Lipinski definition) is 3. The number of ether oxygens (including phenoxy) is 1. The molecule has 0 aromatic rings. The average molecular weight is 260 g/mol. The van der Waals surface area contributed by atoms with Crippen LogP contribution in [0.5, 0.6) is 0 Å². The number of nitrogens with zero attached hydrogens (tertiary/aromatic N) is 1. The second-order valence-corrected chi connectivity index (χ2v) is 3.64. The van der Waals surface area contributed by atoms with Crippen LogP contribution in [0.4, 0.5) is 4.79 Å². The number of amides is 2. The molecule has 0 radical (unpaired) electrons. The first-order chi connectivity index (χ1) is 8.65. The van der Waals surface area contributed by atoms with Crippen LogP contribution in [0.3, 0.4) is 0 Å². The molecule has 1 rings (SSSR count). The van der Waals surface area contributed by atoms with Gasteiger partial charge in [0.15, 0.2) is 0 Å². The summed E-state index contributed by atoms with van der Waals surface area (Å²) < 4.78 is 4.34. The molecule has 0 saturated carbocycles. The molecular formula is C13H28N2O3. The number of carbonyl (C=O) groups is 2. The van der Waals surface area contributed by atoms with Gasteiger partial charge in [-0.25, -0.2) is 4.79 Å². The van der Waals surface area contributed by atoms with E-state index in [1.54, 1.807) is 4.90 Å². The molecule has 1 heterocycles. The zero-order chi connectivity index (χ0) is 14.4. The highest BCUT2D eigenvalue weighted by Gasteiger charge is 2.17. The summed E-state index contributed by atoms with van der Waals surface area (Å²) in [5.74, 6) is -0.0390. The van der Waals surface area contributed by atoms with E-state index >= 15 is 0 Å². The Balaban J connectivity index is 0. The van der Waals surface area contributed by atoms with Gasteiger partial charge >= 0.3 is 6.09 Å². The number of carbonyl (C=O) groups excluding carboxylic acids is 2. The Morgan fingerprint density at radius 3 is 2.00 bits per heavy atom. The van der Waals surface area contributed by atoms with Crippen molar-refractivity contribution >= 4 is 12.0 Å². The molecule has 0 aromatic heterocycles. The number of hydrogen-bond donors (Lipinski definition) is 1. The molecule has 18 heavy (non-hydrogen) atoms. The number of alkyl carbamates (subject to hydrolysis) is 1. The van der Waals surface area contributed by atoms with Crippen molar-refractivity contribution in [3.05, 3.63) is 0 Å². The normalized spacial score (nSPS) is 12.6. The van der Waals surface area contributed by atoms with Crippen LogP contribution in [0.1, 0.15) is 47.0 Å². The number of rotatable bonds is 2. The van der Waals surface area contributed by atoms with Crippen LogP contribution >= 0.6 is 0 Å². The highest BCUT2D eigenvalue weighted by atomic mass is 16.5. The van der Waals surface area contributed by atoms with Crippen LogP contribution in [-0.4, -0.2) is 43.6 Å². The van der Waals surface area contributed by atoms with Crippen molar-refractivity contribution in [1.82, 2.24) is 10.2 Å². The lowest BCUT2D eigenvalue weighted by atomic mass is 10.4. The fourth-order valence-electron chi connectivity index (χ4n) is 1.30. The zero-order valence-corrected chi connectivity index (χ0v) is 12.4. The third kappa shape index (κ3) is 9.93. The second-order valence-electron chi connectivity index (χ2n) is 3.64. The van der Waals surface area contributed by atoms with E-state index in [9.17, 15) is 9.59 Å². The van der Waals surface area contributed by atoms with Crippen molar-refractivity contribution in [2.75, 3.05) is 26.7 Å². The Hall–Kier alpha value is -1.26. The van der Waals surface area contributed by atoms with E-state index < -0.39 is 6.09 Å². The smallest absolute Gasteiger partial charge is 0.407 e. The van der Waals surface area contributed by atoms with Gasteiger partial charge in [-0.15, -0.1) is 0 Å². The van der Waals surface area contributed by atoms with Gasteiger partial charge in [0.2, 0.25) is 5.91 Å². The summed E-state index contributed by atoms with van der Waals surface area (Å²) in [6, 6.07) is 0. The lowest BCUT2D eigenvalue weighted by Crippen LogP contribution is -2.38. The van der Waals surface area contributed by atoms with E-state index in [0.29, 0.717) is 0 Å². The third-order valence-corrected chi connectivity index (χ3v) is 2.03. The average Bonchev–Trinajstić information content (AvgIpc) is 2.93. The molecule has 0 aliphatic carbocycles. The van der Waals surface area contributed by atoms with Gasteiger partial charge in [-0.2, -0.15) is 0 Å². The molecule has 5 nitrogen and oxygen atoms in total. The van der Waals surface area contributed by atoms with Gasteiger partial charge in [0.25, 0.3) is 0 Å². The predicted octanol–water partition coefficient (Wildman–Crippen LogP) is 2.41. The largest absolute Gasteiger partial charge is 0.453 e. The van der Waals surface area contributed by atoms with Crippen molar-refractivity contribution in [1.29, 1.82) is 0 Å². The van der Waals surface area contributed by atoms with Gasteiger partial charge in [-0.1, -0.05) is 34.1 Å². The van der Waals surface area contributed by atoms with Gasteiger partial charge in [0, 0.05) is 13.1 Å². The molecule has 1 saturated heterocycles. The molecule has 1 aliphatic heterocycles. The third-order valence-electron chi connectivity index (χ3n) is 2.03. The fourth-order valence-corrected chi connectivity index (χ4v) is 1.30. The summed E-state index contributed by atoms with van der Waals surface area (Å²) in [5, 5.41) is 2.36. The first-order valence-corrected chi connectivity index (χ1v) is 6.75. The Kier molecular flexibility index (Phi) is 14.6. The van der Waals surface area contributed by atoms with E-state index in [2.05, 4.69) is 23.9 Å². The minimum absolute atomic E-state index is 0.0344. The van der Waals surface area contributed by atoms with E-state index in [4.69, 9.17) is 0 Å². The Bertz CT molecular complexity index is 214. The molecule has 2 amide bonds. The summed E-state index contributed by atoms with van der Waals surface area (Å²) >= 11 is 0. The van der Waals surface area contributed by atoms with Crippen LogP contribution in [-0.2, 0) is 9.53 Å². The highest BCUT2D eigenvalue weighted by Crippen LogP contribution is 2.06. The fraction of sp³-hybridized carbons (Fsp3) is 0.846. The monoisotopic (exact) mass is 260 g/mol. The Labute approximate surface area is 111 Å². The highest BCUT2D eigenvalue weighted by molar-refractivity contribution is 5.82. The first-order valence-electron chi connectivity index (χ1n) is 6.75. The summed E-state index contributed by atoms with van der Waals surface area (Å²) in [6.07, 6.45) is 2.81. The summed E-state index contributed by atoms with van der Waals surface area (Å²) in [4.78, 5) is 23.7. The standard InChI is InChI=1S/C8H14N2O3.C3H8.C2H6/c1-13-8(12)9-6-7(11)10-4-2-3-5-10;1-3-2;1-2/h2-6H2,1H3,(H,9,12);3H2,1-2H3;1-2H3. The van der Waals surface area contributed by atoms with Crippen LogP contribution in [0.15, 0.2) is 0 Å². The van der Waals surface area contributed by atoms with Gasteiger partial charge < -0.3 is 15.0 Å². The maximum absolute atomic E-state index is 11.3. The van der Waals surface area contributed by atoms with Gasteiger partial charge in [-0.05, 0) is 12.8 Å². The van der Waals surface area contributed by atoms with Crippen molar-refractivity contribution < 1.29 is 14.3 Å². The van der Waals surface area contributed by atoms with Crippen molar-refractivity contribution in [3.63, 3.8) is 0 Å². The molecule has 0 aromatic carbocycles. The molecule has 0 unspecified atom stereocenters. The number of nitrogens with one attached hydrogen (secondary N) is 1. The SMILES string of the molecule is CC.CCC.COC(=O)NCC(=O)N1CCCC1. The van der Waals surface area contributed by atoms with Crippen LogP contribution in [0.25, 0.3) is 0 Å². The predicted molar refractivity (Wildman–Crippen MR) is 73.5 cm³/mol. The summed E-state index contributed by atoms with van der Waals surface area (Å²) in [6.45, 7) is 9.90. The van der Waals surface area contributed by atoms with E-state index in [1.807, 2.05) is 13.8 Å². The van der Waals surface area contributed by atoms with Gasteiger partial charge in [0.05, 0.1) is 7.11 Å². The minimum atomic E-state index is -0.562. The lowest BCUT2D eigenvalue weighted by molar-refractivity contribution is -0.129. The minimum Gasteiger partial charge on any atom is -0.453 e. The molecular weight excluding hydrogens is 232 g/mol. The Morgan fingerprint density at radius 2 is 1.61 bits per heavy atom. The molecule has 1 fully saturated rings. The van der Waals surface area contributed by atoms with Gasteiger partial charge in [0.1, 0.15) is 6.54 Å². The van der Waals surface area contributed by atoms with Crippen LogP contribution in [0.2, 0.25) is 0 Å². The van der Waals surface area contributed by atoms with Crippen molar-refractivity contribution in [3.8, 4) is 0 Å². The quantitative estimate of drug-likeness (QED) is 0.829. The number of methoxy groups -OCH3 is 1. The lowest BCUT2D eigenvalue weighted by Gasteiger charge is -2.14. The molecule has 0 atom stereocenters. The first kappa shape index (κ1) is 19.1. The summed E-state index contributed by atoms with van der Waals surface area (Å²) in [5.41, 5.74) is 0. The topological polar surface area (TPSA) is 58.6 Å². The van der Waals surface area contributed by atoms with Crippen molar-refractivity contribution in [2.24, 2.45) is 0 Å². The molecule has 0 spiro atoms. The van der Waals surface area contributed by atoms with E-state index in [-0.39, 0.29) is 12.5 Å². The Morgan fingerprint density at radius 1 is 1.17 bits per heavy atom. The maximum atomic E-state index is 11.3. The molecule has 5 heteroatoms. The second kappa shape index (κ2) is 13.8. The van der Waals surface area contributed by atoms with E-state index in [1.165, 1.54) is 13.5 Å². The molecule has 0 bridgehead atoms. The molecule has 108 valence electrons. The molecule has 1 N–H and O–H groups in total. The van der Waals surface area contributed by atoms with Crippen LogP contribution in [0, 0.1) is 0 Å². The van der Waals surface area contributed by atoms with Crippen LogP contribution < -0.4 is 5.32 Å². The number of likely N-dealkylation sites (tertiary alicyclic amines) is 1. The molecule has 1 aliphatic rings. The maximum Gasteiger partial charge on any atom is 0.407 e. The van der Waals surface area contributed by atoms with Gasteiger partial charge in [-0.3, -0.25) is 4.79 Å². The summed E-state index contributed by atoms with van der Waals surface area (Å²) in [7, 11) is 1.27.